The van der Waals surface area contributed by atoms with Crippen molar-refractivity contribution in [2.45, 2.75) is 31.5 Å². The van der Waals surface area contributed by atoms with Crippen molar-refractivity contribution in [2.75, 3.05) is 5.75 Å². The molecule has 0 bridgehead atoms. The van der Waals surface area contributed by atoms with Crippen LogP contribution in [-0.2, 0) is 16.1 Å². The topological polar surface area (TPSA) is 93.1 Å². The van der Waals surface area contributed by atoms with Gasteiger partial charge in [0.1, 0.15) is 0 Å². The number of hydrazine groups is 1. The minimum atomic E-state index is -0.388. The van der Waals surface area contributed by atoms with E-state index in [1.54, 1.807) is 18.2 Å². The van der Waals surface area contributed by atoms with Gasteiger partial charge in [-0.3, -0.25) is 29.8 Å². The van der Waals surface area contributed by atoms with Crippen LogP contribution in [0.5, 0.6) is 0 Å². The lowest BCUT2D eigenvalue weighted by Crippen LogP contribution is -2.42. The molecule has 0 radical (unpaired) electrons. The van der Waals surface area contributed by atoms with Crippen LogP contribution < -0.4 is 16.4 Å². The number of rotatable bonds is 7. The molecule has 0 saturated heterocycles. The number of carbonyl (C=O) groups excluding carboxylic acids is 2. The predicted octanol–water partition coefficient (Wildman–Crippen LogP) is 3.14. The Morgan fingerprint density at radius 1 is 1.10 bits per heavy atom. The summed E-state index contributed by atoms with van der Waals surface area (Å²) in [6, 6.07) is 14.5. The number of halogens is 1. The third kappa shape index (κ3) is 5.61. The quantitative estimate of drug-likeness (QED) is 0.332. The van der Waals surface area contributed by atoms with Crippen molar-refractivity contribution in [1.82, 2.24) is 20.4 Å². The van der Waals surface area contributed by atoms with E-state index in [0.717, 1.165) is 17.3 Å². The number of aromatic nitrogens is 2. The molecule has 9 heteroatoms. The lowest BCUT2D eigenvalue weighted by molar-refractivity contribution is -0.127. The maximum atomic E-state index is 13.1. The Kier molecular flexibility index (Phi) is 7.48. The first-order valence-corrected chi connectivity index (χ1v) is 10.8. The Hall–Kier alpha value is -2.84. The number of benzene rings is 2. The van der Waals surface area contributed by atoms with E-state index in [1.807, 2.05) is 37.3 Å². The fourth-order valence-corrected chi connectivity index (χ4v) is 3.75. The van der Waals surface area contributed by atoms with Crippen molar-refractivity contribution in [3.05, 3.63) is 69.5 Å². The molecule has 0 aliphatic carbocycles. The Labute approximate surface area is 182 Å². The van der Waals surface area contributed by atoms with Gasteiger partial charge in [-0.25, -0.2) is 4.98 Å². The molecule has 0 unspecified atom stereocenters. The molecule has 0 saturated carbocycles. The number of hydrogen-bond acceptors (Lipinski definition) is 5. The van der Waals surface area contributed by atoms with E-state index >= 15 is 0 Å². The van der Waals surface area contributed by atoms with Gasteiger partial charge in [-0.05, 0) is 30.2 Å². The van der Waals surface area contributed by atoms with E-state index in [9.17, 15) is 14.4 Å². The molecule has 7 nitrogen and oxygen atoms in total. The van der Waals surface area contributed by atoms with E-state index in [4.69, 9.17) is 11.6 Å². The molecule has 1 heterocycles. The zero-order valence-electron chi connectivity index (χ0n) is 16.4. The highest BCUT2D eigenvalue weighted by atomic mass is 35.5. The van der Waals surface area contributed by atoms with Crippen molar-refractivity contribution < 1.29 is 9.59 Å². The molecule has 0 fully saturated rings. The van der Waals surface area contributed by atoms with Gasteiger partial charge in [0.15, 0.2) is 5.16 Å². The molecular formula is C21H21ClN4O3S. The first kappa shape index (κ1) is 21.9. The third-order valence-electron chi connectivity index (χ3n) is 4.22. The highest BCUT2D eigenvalue weighted by Crippen LogP contribution is 2.21. The highest BCUT2D eigenvalue weighted by molar-refractivity contribution is 7.99. The number of nitrogens with one attached hydrogen (secondary N) is 2. The van der Waals surface area contributed by atoms with E-state index in [1.165, 1.54) is 4.57 Å². The second-order valence-corrected chi connectivity index (χ2v) is 7.95. The predicted molar refractivity (Wildman–Crippen MR) is 118 cm³/mol. The fourth-order valence-electron chi connectivity index (χ4n) is 2.78. The van der Waals surface area contributed by atoms with Crippen LogP contribution in [0.2, 0.25) is 5.02 Å². The number of carbonyl (C=O) groups is 2. The van der Waals surface area contributed by atoms with E-state index < -0.39 is 0 Å². The lowest BCUT2D eigenvalue weighted by atomic mass is 10.2. The molecule has 3 rings (SSSR count). The number of nitrogens with zero attached hydrogens (tertiary/aromatic N) is 2. The molecule has 2 amide bonds. The van der Waals surface area contributed by atoms with Gasteiger partial charge < -0.3 is 0 Å². The summed E-state index contributed by atoms with van der Waals surface area (Å²) in [4.78, 5) is 41.3. The number of fused-ring (bicyclic) bond motifs is 1. The number of hydrogen-bond donors (Lipinski definition) is 2. The molecule has 0 aliphatic rings. The van der Waals surface area contributed by atoms with Crippen LogP contribution >= 0.6 is 23.4 Å². The van der Waals surface area contributed by atoms with Crippen LogP contribution in [0.25, 0.3) is 10.9 Å². The Morgan fingerprint density at radius 3 is 2.57 bits per heavy atom. The van der Waals surface area contributed by atoms with Crippen LogP contribution in [0, 0.1) is 0 Å². The van der Waals surface area contributed by atoms with Crippen LogP contribution in [0.15, 0.2) is 58.5 Å². The van der Waals surface area contributed by atoms with Gasteiger partial charge in [0.05, 0.1) is 23.2 Å². The summed E-state index contributed by atoms with van der Waals surface area (Å²) < 4.78 is 1.53. The molecule has 2 aromatic carbocycles. The van der Waals surface area contributed by atoms with Crippen molar-refractivity contribution >= 4 is 46.1 Å². The first-order valence-electron chi connectivity index (χ1n) is 9.42. The fraction of sp³-hybridized carbons (Fsp3) is 0.238. The van der Waals surface area contributed by atoms with E-state index in [0.29, 0.717) is 40.5 Å². The van der Waals surface area contributed by atoms with Crippen LogP contribution in [-0.4, -0.2) is 27.1 Å². The Morgan fingerprint density at radius 2 is 1.83 bits per heavy atom. The summed E-state index contributed by atoms with van der Waals surface area (Å²) in [5, 5.41) is 1.28. The van der Waals surface area contributed by atoms with Crippen molar-refractivity contribution in [1.29, 1.82) is 0 Å². The summed E-state index contributed by atoms with van der Waals surface area (Å²) in [6.07, 6.45) is 1.02. The maximum absolute atomic E-state index is 13.1. The highest BCUT2D eigenvalue weighted by Gasteiger charge is 2.14. The van der Waals surface area contributed by atoms with Gasteiger partial charge in [0.2, 0.25) is 11.8 Å². The smallest absolute Gasteiger partial charge is 0.262 e. The minimum absolute atomic E-state index is 0.00721. The van der Waals surface area contributed by atoms with Gasteiger partial charge in [-0.15, -0.1) is 0 Å². The zero-order valence-corrected chi connectivity index (χ0v) is 17.9. The zero-order chi connectivity index (χ0) is 21.5. The Balaban J connectivity index is 1.85. The normalized spacial score (nSPS) is 10.7. The molecule has 30 heavy (non-hydrogen) atoms. The van der Waals surface area contributed by atoms with E-state index in [2.05, 4.69) is 15.8 Å². The van der Waals surface area contributed by atoms with Crippen molar-refractivity contribution in [2.24, 2.45) is 0 Å². The monoisotopic (exact) mass is 444 g/mol. The van der Waals surface area contributed by atoms with E-state index in [-0.39, 0.29) is 23.1 Å². The minimum Gasteiger partial charge on any atom is -0.283 e. The standard InChI is InChI=1S/C21H21ClN4O3S/c1-2-6-18(27)24-25-19(28)13-30-21-23-17-10-9-15(22)11-16(17)20(29)26(21)12-14-7-4-3-5-8-14/h3-5,7-11H,2,6,12-13H2,1H3,(H,24,27)(H,25,28). The number of thioether (sulfide) groups is 1. The summed E-state index contributed by atoms with van der Waals surface area (Å²) in [6.45, 7) is 2.19. The molecule has 3 aromatic rings. The average Bonchev–Trinajstić information content (AvgIpc) is 2.74. The molecule has 2 N–H and O–H groups in total. The van der Waals surface area contributed by atoms with Gasteiger partial charge in [-0.1, -0.05) is 60.6 Å². The average molecular weight is 445 g/mol. The summed E-state index contributed by atoms with van der Waals surface area (Å²) in [7, 11) is 0. The third-order valence-corrected chi connectivity index (χ3v) is 5.43. The lowest BCUT2D eigenvalue weighted by Gasteiger charge is -2.13. The van der Waals surface area contributed by atoms with Crippen LogP contribution in [0.1, 0.15) is 25.3 Å². The second kappa shape index (κ2) is 10.3. The second-order valence-electron chi connectivity index (χ2n) is 6.57. The summed E-state index contributed by atoms with van der Waals surface area (Å²) >= 11 is 7.19. The number of amides is 2. The largest absolute Gasteiger partial charge is 0.283 e. The Bertz CT molecular complexity index is 1120. The molecule has 0 spiro atoms. The maximum Gasteiger partial charge on any atom is 0.262 e. The van der Waals surface area contributed by atoms with Crippen LogP contribution in [0.4, 0.5) is 0 Å². The van der Waals surface area contributed by atoms with Crippen molar-refractivity contribution in [3.8, 4) is 0 Å². The van der Waals surface area contributed by atoms with Gasteiger partial charge in [-0.2, -0.15) is 0 Å². The summed E-state index contributed by atoms with van der Waals surface area (Å²) in [5.74, 6) is -0.647. The molecule has 156 valence electrons. The first-order chi connectivity index (χ1) is 14.5. The van der Waals surface area contributed by atoms with Gasteiger partial charge in [0, 0.05) is 11.4 Å². The molecule has 0 aliphatic heterocycles. The SMILES string of the molecule is CCCC(=O)NNC(=O)CSc1nc2ccc(Cl)cc2c(=O)n1Cc1ccccc1. The van der Waals surface area contributed by atoms with Gasteiger partial charge >= 0.3 is 0 Å². The molecule has 0 atom stereocenters. The molecular weight excluding hydrogens is 424 g/mol. The summed E-state index contributed by atoms with van der Waals surface area (Å²) in [5.41, 5.74) is 5.95. The molecule has 1 aromatic heterocycles. The van der Waals surface area contributed by atoms with Crippen LogP contribution in [0.3, 0.4) is 0 Å². The van der Waals surface area contributed by atoms with Crippen molar-refractivity contribution in [3.63, 3.8) is 0 Å². The van der Waals surface area contributed by atoms with Gasteiger partial charge in [0.25, 0.3) is 5.56 Å².